The summed E-state index contributed by atoms with van der Waals surface area (Å²) >= 11 is 4.74. The molecule has 89 valence electrons. The van der Waals surface area contributed by atoms with E-state index >= 15 is 0 Å². The molecule has 0 unspecified atom stereocenters. The first-order valence-corrected chi connectivity index (χ1v) is 7.16. The molecule has 0 amide bonds. The zero-order valence-electron chi connectivity index (χ0n) is 10.3. The monoisotopic (exact) mass is 227 g/mol. The minimum atomic E-state index is 1.18. The second kappa shape index (κ2) is 14.0. The molecule has 0 aromatic carbocycles. The van der Waals surface area contributed by atoms with Crippen LogP contribution in [0.2, 0.25) is 0 Å². The molecule has 0 aliphatic rings. The Bertz CT molecular complexity index is 129. The van der Waals surface area contributed by atoms with E-state index in [1.165, 1.54) is 70.6 Å². The van der Waals surface area contributed by atoms with Gasteiger partial charge in [-0.1, -0.05) is 83.4 Å². The molecule has 1 heteroatoms. The van der Waals surface area contributed by atoms with Crippen LogP contribution in [-0.4, -0.2) is 0 Å². The Balaban J connectivity index is 2.86. The summed E-state index contributed by atoms with van der Waals surface area (Å²) in [4.78, 5) is 0. The van der Waals surface area contributed by atoms with Crippen LogP contribution in [0.3, 0.4) is 0 Å². The van der Waals surface area contributed by atoms with E-state index in [1.807, 2.05) is 0 Å². The van der Waals surface area contributed by atoms with Crippen LogP contribution in [-0.2, 0) is 0 Å². The molecule has 0 atom stereocenters. The van der Waals surface area contributed by atoms with Crippen LogP contribution in [0.5, 0.6) is 0 Å². The van der Waals surface area contributed by atoms with Crippen LogP contribution in [0, 0.1) is 0 Å². The van der Waals surface area contributed by atoms with Gasteiger partial charge in [-0.15, -0.1) is 0 Å². The van der Waals surface area contributed by atoms with Crippen molar-refractivity contribution in [1.82, 2.24) is 0 Å². The molecule has 0 aliphatic heterocycles. The summed E-state index contributed by atoms with van der Waals surface area (Å²) in [5.74, 6) is 0. The summed E-state index contributed by atoms with van der Waals surface area (Å²) in [6.07, 6.45) is 17.4. The van der Waals surface area contributed by atoms with Crippen molar-refractivity contribution in [2.45, 2.75) is 77.6 Å². The Labute approximate surface area is 102 Å². The van der Waals surface area contributed by atoms with Gasteiger partial charge in [0.25, 0.3) is 0 Å². The molecule has 0 aromatic heterocycles. The molecule has 1 radical (unpaired) electrons. The van der Waals surface area contributed by atoms with Crippen LogP contribution in [0.15, 0.2) is 11.5 Å². The molecular formula is C14H27S. The lowest BCUT2D eigenvalue weighted by atomic mass is 10.1. The third kappa shape index (κ3) is 14.0. The van der Waals surface area contributed by atoms with Gasteiger partial charge in [0.15, 0.2) is 0 Å². The average Bonchev–Trinajstić information content (AvgIpc) is 2.26. The van der Waals surface area contributed by atoms with Gasteiger partial charge >= 0.3 is 0 Å². The molecule has 0 spiro atoms. The number of unbranched alkanes of at least 4 members (excludes halogenated alkanes) is 10. The quantitative estimate of drug-likeness (QED) is 0.379. The Kier molecular flexibility index (Phi) is 13.9. The van der Waals surface area contributed by atoms with E-state index in [-0.39, 0.29) is 0 Å². The van der Waals surface area contributed by atoms with Crippen molar-refractivity contribution in [3.63, 3.8) is 0 Å². The maximum atomic E-state index is 4.74. The zero-order chi connectivity index (χ0) is 11.2. The van der Waals surface area contributed by atoms with Gasteiger partial charge in [-0.3, -0.25) is 0 Å². The molecule has 0 aromatic rings. The highest BCUT2D eigenvalue weighted by Gasteiger charge is 1.91. The molecule has 0 fully saturated rings. The largest absolute Gasteiger partial charge is 0.0891 e. The maximum absolute atomic E-state index is 4.74. The van der Waals surface area contributed by atoms with Crippen LogP contribution in [0.25, 0.3) is 0 Å². The van der Waals surface area contributed by atoms with Gasteiger partial charge in [-0.05, 0) is 18.2 Å². The molecule has 0 aliphatic carbocycles. The Morgan fingerprint density at radius 3 is 1.67 bits per heavy atom. The van der Waals surface area contributed by atoms with Gasteiger partial charge in [0.05, 0.1) is 0 Å². The third-order valence-electron chi connectivity index (χ3n) is 2.82. The number of hydrogen-bond donors (Lipinski definition) is 0. The molecular weight excluding hydrogens is 200 g/mol. The summed E-state index contributed by atoms with van der Waals surface area (Å²) < 4.78 is 0. The first-order valence-electron chi connectivity index (χ1n) is 6.68. The van der Waals surface area contributed by atoms with Gasteiger partial charge in [-0.25, -0.2) is 0 Å². The lowest BCUT2D eigenvalue weighted by molar-refractivity contribution is 0.557. The van der Waals surface area contributed by atoms with Crippen molar-refractivity contribution < 1.29 is 0 Å². The van der Waals surface area contributed by atoms with Crippen molar-refractivity contribution in [1.29, 1.82) is 0 Å². The van der Waals surface area contributed by atoms with Crippen LogP contribution in [0.4, 0.5) is 0 Å². The molecule has 0 bridgehead atoms. The van der Waals surface area contributed by atoms with Gasteiger partial charge in [0, 0.05) is 0 Å². The van der Waals surface area contributed by atoms with Gasteiger partial charge in [-0.2, -0.15) is 0 Å². The molecule has 0 saturated carbocycles. The van der Waals surface area contributed by atoms with E-state index in [0.717, 1.165) is 0 Å². The van der Waals surface area contributed by atoms with Gasteiger partial charge in [0.1, 0.15) is 0 Å². The number of allylic oxidation sites excluding steroid dienone is 1. The SMILES string of the molecule is CCCCCCCCCCCC/C=C/[S]. The fraction of sp³-hybridized carbons (Fsp3) is 0.857. The lowest BCUT2D eigenvalue weighted by Crippen LogP contribution is -1.81. The predicted molar refractivity (Wildman–Crippen MR) is 73.2 cm³/mol. The van der Waals surface area contributed by atoms with Crippen molar-refractivity contribution in [2.75, 3.05) is 0 Å². The van der Waals surface area contributed by atoms with Crippen LogP contribution in [0.1, 0.15) is 77.6 Å². The minimum Gasteiger partial charge on any atom is -0.0891 e. The predicted octanol–water partition coefficient (Wildman–Crippen LogP) is 6.01. The lowest BCUT2D eigenvalue weighted by Gasteiger charge is -2.01. The van der Waals surface area contributed by atoms with Gasteiger partial charge in [0.2, 0.25) is 0 Å². The van der Waals surface area contributed by atoms with Crippen molar-refractivity contribution >= 4 is 12.6 Å². The molecule has 0 heterocycles. The van der Waals surface area contributed by atoms with Crippen LogP contribution < -0.4 is 0 Å². The number of hydrogen-bond acceptors (Lipinski definition) is 0. The van der Waals surface area contributed by atoms with Crippen molar-refractivity contribution in [2.24, 2.45) is 0 Å². The van der Waals surface area contributed by atoms with Crippen molar-refractivity contribution in [3.05, 3.63) is 11.5 Å². The molecule has 15 heavy (non-hydrogen) atoms. The van der Waals surface area contributed by atoms with Crippen molar-refractivity contribution in [3.8, 4) is 0 Å². The second-order valence-electron chi connectivity index (χ2n) is 4.34. The van der Waals surface area contributed by atoms with Crippen LogP contribution >= 0.6 is 12.6 Å². The summed E-state index contributed by atoms with van der Waals surface area (Å²) in [5.41, 5.74) is 0. The normalized spacial score (nSPS) is 11.3. The summed E-state index contributed by atoms with van der Waals surface area (Å²) in [6, 6.07) is 0. The number of rotatable bonds is 11. The first kappa shape index (κ1) is 15.0. The highest BCUT2D eigenvalue weighted by Crippen LogP contribution is 2.11. The first-order chi connectivity index (χ1) is 7.41. The fourth-order valence-electron chi connectivity index (χ4n) is 1.82. The summed E-state index contributed by atoms with van der Waals surface area (Å²) in [6.45, 7) is 2.28. The summed E-state index contributed by atoms with van der Waals surface area (Å²) in [5, 5.41) is 1.74. The topological polar surface area (TPSA) is 0 Å². The second-order valence-corrected chi connectivity index (χ2v) is 4.61. The molecule has 0 rings (SSSR count). The minimum absolute atomic E-state index is 1.18. The molecule has 0 nitrogen and oxygen atoms in total. The van der Waals surface area contributed by atoms with E-state index in [9.17, 15) is 0 Å². The highest BCUT2D eigenvalue weighted by atomic mass is 32.1. The van der Waals surface area contributed by atoms with E-state index < -0.39 is 0 Å². The summed E-state index contributed by atoms with van der Waals surface area (Å²) in [7, 11) is 0. The Morgan fingerprint density at radius 2 is 1.20 bits per heavy atom. The third-order valence-corrected chi connectivity index (χ3v) is 3.01. The average molecular weight is 227 g/mol. The van der Waals surface area contributed by atoms with E-state index in [1.54, 1.807) is 5.41 Å². The Hall–Kier alpha value is -0.0400. The van der Waals surface area contributed by atoms with E-state index in [4.69, 9.17) is 12.6 Å². The smallest absolute Gasteiger partial charge is 0.00265 e. The molecule has 0 N–H and O–H groups in total. The standard InChI is InChI=1S/C14H27S/c1-2-3-4-5-6-7-8-9-10-11-12-13-14-15/h13-14H,2-12H2,1H3/b14-13+. The highest BCUT2D eigenvalue weighted by molar-refractivity contribution is 7.83. The fourth-order valence-corrected chi connectivity index (χ4v) is 1.95. The van der Waals surface area contributed by atoms with Gasteiger partial charge < -0.3 is 0 Å². The van der Waals surface area contributed by atoms with E-state index in [0.29, 0.717) is 0 Å². The van der Waals surface area contributed by atoms with E-state index in [2.05, 4.69) is 13.0 Å². The molecule has 0 saturated heterocycles. The zero-order valence-corrected chi connectivity index (χ0v) is 11.2. The Morgan fingerprint density at radius 1 is 0.733 bits per heavy atom. The maximum Gasteiger partial charge on any atom is -0.00265 e.